The largest absolute Gasteiger partial charge is 0.233 e. The van der Waals surface area contributed by atoms with Crippen LogP contribution in [0, 0.1) is 0 Å². The van der Waals surface area contributed by atoms with Crippen molar-refractivity contribution in [3.8, 4) is 56.7 Å². The van der Waals surface area contributed by atoms with Gasteiger partial charge in [-0.05, 0) is 50.5 Å². The van der Waals surface area contributed by atoms with Gasteiger partial charge in [0.2, 0.25) is 5.82 Å². The Labute approximate surface area is 277 Å². The second-order valence-corrected chi connectivity index (χ2v) is 11.7. The summed E-state index contributed by atoms with van der Waals surface area (Å²) < 4.78 is 0. The summed E-state index contributed by atoms with van der Waals surface area (Å²) in [5, 5.41) is 5.50. The molecule has 0 spiro atoms. The van der Waals surface area contributed by atoms with Crippen LogP contribution in [0.4, 0.5) is 0 Å². The molecule has 0 atom stereocenters. The third kappa shape index (κ3) is 4.95. The van der Waals surface area contributed by atoms with Gasteiger partial charge in [0.15, 0.2) is 17.5 Å². The van der Waals surface area contributed by atoms with Crippen LogP contribution in [0.5, 0.6) is 0 Å². The molecule has 5 heteroatoms. The van der Waals surface area contributed by atoms with Crippen LogP contribution in [0.1, 0.15) is 0 Å². The van der Waals surface area contributed by atoms with Gasteiger partial charge in [-0.15, -0.1) is 0 Å². The van der Waals surface area contributed by atoms with E-state index in [0.717, 1.165) is 60.4 Å². The van der Waals surface area contributed by atoms with E-state index in [0.29, 0.717) is 23.3 Å². The Morgan fingerprint density at radius 1 is 0.271 bits per heavy atom. The van der Waals surface area contributed by atoms with Crippen LogP contribution in [-0.4, -0.2) is 24.9 Å². The van der Waals surface area contributed by atoms with E-state index in [4.69, 9.17) is 24.9 Å². The third-order valence-corrected chi connectivity index (χ3v) is 8.77. The molecule has 0 fully saturated rings. The molecule has 0 saturated carbocycles. The summed E-state index contributed by atoms with van der Waals surface area (Å²) in [6.45, 7) is 0. The number of hydrogen-bond acceptors (Lipinski definition) is 5. The van der Waals surface area contributed by atoms with E-state index in [-0.39, 0.29) is 0 Å². The van der Waals surface area contributed by atoms with Crippen molar-refractivity contribution in [1.29, 1.82) is 0 Å². The first-order chi connectivity index (χ1) is 23.8. The Kier molecular flexibility index (Phi) is 6.72. The first-order valence-corrected chi connectivity index (χ1v) is 15.9. The Morgan fingerprint density at radius 3 is 1.25 bits per heavy atom. The highest BCUT2D eigenvalue weighted by atomic mass is 15.1. The predicted molar refractivity (Wildman–Crippen MR) is 195 cm³/mol. The fourth-order valence-electron chi connectivity index (χ4n) is 6.44. The molecule has 0 bridgehead atoms. The molecule has 224 valence electrons. The Hall–Kier alpha value is -6.59. The van der Waals surface area contributed by atoms with E-state index in [1.54, 1.807) is 0 Å². The molecule has 0 N–H and O–H groups in total. The molecule has 0 aliphatic carbocycles. The number of hydrogen-bond donors (Lipinski definition) is 0. The summed E-state index contributed by atoms with van der Waals surface area (Å²) in [7, 11) is 0. The molecular formula is C43H27N5. The van der Waals surface area contributed by atoms with Crippen LogP contribution in [0.25, 0.3) is 89.1 Å². The topological polar surface area (TPSA) is 64.5 Å². The van der Waals surface area contributed by atoms with Gasteiger partial charge in [-0.3, -0.25) is 0 Å². The van der Waals surface area contributed by atoms with E-state index < -0.39 is 0 Å². The third-order valence-electron chi connectivity index (χ3n) is 8.77. The van der Waals surface area contributed by atoms with E-state index in [1.807, 2.05) is 66.9 Å². The average Bonchev–Trinajstić information content (AvgIpc) is 3.18. The van der Waals surface area contributed by atoms with Crippen molar-refractivity contribution in [2.45, 2.75) is 0 Å². The minimum absolute atomic E-state index is 0.421. The van der Waals surface area contributed by atoms with Gasteiger partial charge in [0.25, 0.3) is 0 Å². The molecule has 7 aromatic carbocycles. The van der Waals surface area contributed by atoms with E-state index in [1.165, 1.54) is 5.39 Å². The molecule has 0 aliphatic rings. The zero-order chi connectivity index (χ0) is 31.9. The maximum atomic E-state index is 5.16. The molecule has 2 aromatic heterocycles. The first kappa shape index (κ1) is 27.7. The monoisotopic (exact) mass is 613 g/mol. The minimum Gasteiger partial charge on any atom is -0.233 e. The highest BCUT2D eigenvalue weighted by Gasteiger charge is 2.17. The normalized spacial score (nSPS) is 11.3. The first-order valence-electron chi connectivity index (χ1n) is 15.9. The Balaban J connectivity index is 1.26. The lowest BCUT2D eigenvalue weighted by molar-refractivity contribution is 1.04. The molecular weight excluding hydrogens is 587 g/mol. The molecule has 5 nitrogen and oxygen atoms in total. The van der Waals surface area contributed by atoms with Crippen molar-refractivity contribution in [2.75, 3.05) is 0 Å². The number of benzene rings is 7. The van der Waals surface area contributed by atoms with Crippen molar-refractivity contribution in [1.82, 2.24) is 24.9 Å². The second kappa shape index (κ2) is 11.6. The zero-order valence-electron chi connectivity index (χ0n) is 25.8. The smallest absolute Gasteiger partial charge is 0.201 e. The van der Waals surface area contributed by atoms with E-state index in [9.17, 15) is 0 Å². The predicted octanol–water partition coefficient (Wildman–Crippen LogP) is 10.5. The Morgan fingerprint density at radius 2 is 0.688 bits per heavy atom. The molecule has 9 rings (SSSR count). The summed E-state index contributed by atoms with van der Waals surface area (Å²) in [4.78, 5) is 25.1. The Bertz CT molecular complexity index is 2480. The summed E-state index contributed by atoms with van der Waals surface area (Å²) in [5.74, 6) is 1.99. The molecule has 9 aromatic rings. The summed E-state index contributed by atoms with van der Waals surface area (Å²) in [6.07, 6.45) is 1.90. The maximum Gasteiger partial charge on any atom is 0.201 e. The zero-order valence-corrected chi connectivity index (χ0v) is 25.8. The standard InChI is InChI=1S/C43H27N5/c1-3-13-28(14-4-1)30-17-11-19-32(25-30)40-46-41(33-20-12-18-31(26-33)29-15-5-2-6-16-29)48-43(47-40)42-44-27-38-36-23-8-7-21-34(36)35-22-9-10-24-37(35)39(38)45-42/h1-27H. The highest BCUT2D eigenvalue weighted by molar-refractivity contribution is 6.24. The highest BCUT2D eigenvalue weighted by Crippen LogP contribution is 2.35. The summed E-state index contributed by atoms with van der Waals surface area (Å²) in [6, 6.07) is 54.1. The van der Waals surface area contributed by atoms with Gasteiger partial charge in [0.1, 0.15) is 0 Å². The number of nitrogens with zero attached hydrogens (tertiary/aromatic N) is 5. The van der Waals surface area contributed by atoms with Gasteiger partial charge in [0.05, 0.1) is 5.52 Å². The van der Waals surface area contributed by atoms with Gasteiger partial charge in [-0.1, -0.05) is 146 Å². The lowest BCUT2D eigenvalue weighted by atomic mass is 9.98. The molecule has 0 unspecified atom stereocenters. The van der Waals surface area contributed by atoms with Crippen LogP contribution in [-0.2, 0) is 0 Å². The summed E-state index contributed by atoms with van der Waals surface area (Å²) >= 11 is 0. The fourth-order valence-corrected chi connectivity index (χ4v) is 6.44. The maximum absolute atomic E-state index is 5.16. The van der Waals surface area contributed by atoms with Gasteiger partial charge >= 0.3 is 0 Å². The molecule has 0 saturated heterocycles. The molecule has 0 aliphatic heterocycles. The molecule has 0 radical (unpaired) electrons. The lowest BCUT2D eigenvalue weighted by Crippen LogP contribution is -2.03. The quantitative estimate of drug-likeness (QED) is 0.181. The minimum atomic E-state index is 0.421. The fraction of sp³-hybridized carbons (Fsp3) is 0. The van der Waals surface area contributed by atoms with Crippen LogP contribution >= 0.6 is 0 Å². The van der Waals surface area contributed by atoms with Gasteiger partial charge in [-0.25, -0.2) is 24.9 Å². The van der Waals surface area contributed by atoms with Gasteiger partial charge < -0.3 is 0 Å². The van der Waals surface area contributed by atoms with E-state index in [2.05, 4.69) is 97.1 Å². The van der Waals surface area contributed by atoms with Crippen molar-refractivity contribution >= 4 is 32.4 Å². The van der Waals surface area contributed by atoms with Crippen LogP contribution in [0.2, 0.25) is 0 Å². The number of rotatable bonds is 5. The lowest BCUT2D eigenvalue weighted by Gasteiger charge is -2.12. The van der Waals surface area contributed by atoms with Gasteiger partial charge in [0, 0.05) is 28.1 Å². The molecule has 0 amide bonds. The molecule has 2 heterocycles. The number of fused-ring (bicyclic) bond motifs is 6. The SMILES string of the molecule is c1ccc(-c2cccc(-c3nc(-c4cccc(-c5ccccc5)c4)nc(-c4ncc5c6ccccc6c6ccccc6c5n4)n3)c2)cc1. The average molecular weight is 614 g/mol. The van der Waals surface area contributed by atoms with E-state index >= 15 is 0 Å². The van der Waals surface area contributed by atoms with Crippen molar-refractivity contribution < 1.29 is 0 Å². The summed E-state index contributed by atoms with van der Waals surface area (Å²) in [5.41, 5.74) is 7.07. The van der Waals surface area contributed by atoms with Gasteiger partial charge in [-0.2, -0.15) is 0 Å². The number of aromatic nitrogens is 5. The van der Waals surface area contributed by atoms with Crippen molar-refractivity contribution in [3.63, 3.8) is 0 Å². The molecule has 48 heavy (non-hydrogen) atoms. The van der Waals surface area contributed by atoms with Crippen molar-refractivity contribution in [2.24, 2.45) is 0 Å². The van der Waals surface area contributed by atoms with Crippen LogP contribution < -0.4 is 0 Å². The van der Waals surface area contributed by atoms with Crippen molar-refractivity contribution in [3.05, 3.63) is 164 Å². The van der Waals surface area contributed by atoms with Crippen LogP contribution in [0.15, 0.2) is 164 Å². The van der Waals surface area contributed by atoms with Crippen LogP contribution in [0.3, 0.4) is 0 Å². The second-order valence-electron chi connectivity index (χ2n) is 11.7.